The Bertz CT molecular complexity index is 1050. The summed E-state index contributed by atoms with van der Waals surface area (Å²) in [6.07, 6.45) is 32.1. The summed E-state index contributed by atoms with van der Waals surface area (Å²) in [5.74, 6) is 2.19. The van der Waals surface area contributed by atoms with E-state index in [0.717, 1.165) is 37.6 Å². The van der Waals surface area contributed by atoms with Crippen molar-refractivity contribution in [2.24, 2.45) is 0 Å². The number of hydrogen-bond acceptors (Lipinski definition) is 2. The van der Waals surface area contributed by atoms with E-state index in [0.29, 0.717) is 0 Å². The molecule has 0 bridgehead atoms. The number of hydrogen-bond donors (Lipinski definition) is 0. The third-order valence-electron chi connectivity index (χ3n) is 10.6. The van der Waals surface area contributed by atoms with E-state index in [1.165, 1.54) is 163 Å². The molecule has 0 spiro atoms. The standard InChI is InChI=1S/C44H74O2P/c1-7-11-15-17-19-21-23-27-31-47(32-28-24-22-20-18-16-12-8-2)43-33-37(5)41(45-29-25-13-9-3)35-39(43)40-36-42(38(6)34-44(40)47)46-30-26-14-10-4/h33-36H,7-32H2,1-6H3/q+1. The lowest BCUT2D eigenvalue weighted by molar-refractivity contribution is 0.304. The molecular weight excluding hydrogens is 591 g/mol. The summed E-state index contributed by atoms with van der Waals surface area (Å²) in [4.78, 5) is 0. The monoisotopic (exact) mass is 666 g/mol. The average Bonchev–Trinajstić information content (AvgIpc) is 3.31. The molecule has 3 heteroatoms. The van der Waals surface area contributed by atoms with Gasteiger partial charge in [0.05, 0.1) is 32.8 Å². The molecule has 0 aliphatic carbocycles. The fraction of sp³-hybridized carbons (Fsp3) is 0.727. The Morgan fingerprint density at radius 3 is 1.09 bits per heavy atom. The number of benzene rings is 2. The van der Waals surface area contributed by atoms with Gasteiger partial charge in [-0.2, -0.15) is 0 Å². The van der Waals surface area contributed by atoms with Gasteiger partial charge in [0.1, 0.15) is 22.1 Å². The molecule has 0 N–H and O–H groups in total. The van der Waals surface area contributed by atoms with Gasteiger partial charge in [-0.1, -0.05) is 130 Å². The van der Waals surface area contributed by atoms with Gasteiger partial charge in [0, 0.05) is 11.1 Å². The van der Waals surface area contributed by atoms with Gasteiger partial charge in [-0.3, -0.25) is 0 Å². The number of unbranched alkanes of at least 4 members (excludes halogenated alkanes) is 18. The topological polar surface area (TPSA) is 18.5 Å². The van der Waals surface area contributed by atoms with E-state index in [9.17, 15) is 0 Å². The minimum Gasteiger partial charge on any atom is -0.493 e. The van der Waals surface area contributed by atoms with Crippen LogP contribution in [0.15, 0.2) is 24.3 Å². The van der Waals surface area contributed by atoms with Crippen molar-refractivity contribution >= 4 is 17.9 Å². The minimum absolute atomic E-state index is 0.816. The largest absolute Gasteiger partial charge is 0.493 e. The van der Waals surface area contributed by atoms with Gasteiger partial charge in [0.2, 0.25) is 0 Å². The molecule has 3 rings (SSSR count). The van der Waals surface area contributed by atoms with Crippen LogP contribution in [0.3, 0.4) is 0 Å². The van der Waals surface area contributed by atoms with Crippen molar-refractivity contribution in [2.45, 2.75) is 183 Å². The molecule has 1 aliphatic heterocycles. The highest BCUT2D eigenvalue weighted by Crippen LogP contribution is 2.65. The summed E-state index contributed by atoms with van der Waals surface area (Å²) in [5.41, 5.74) is 5.58. The van der Waals surface area contributed by atoms with Crippen LogP contribution in [0.4, 0.5) is 0 Å². The quantitative estimate of drug-likeness (QED) is 0.0665. The zero-order valence-corrected chi connectivity index (χ0v) is 32.9. The van der Waals surface area contributed by atoms with E-state index < -0.39 is 7.26 Å². The third-order valence-corrected chi connectivity index (χ3v) is 15.3. The van der Waals surface area contributed by atoms with Crippen molar-refractivity contribution in [1.82, 2.24) is 0 Å². The molecule has 0 saturated heterocycles. The second kappa shape index (κ2) is 23.0. The normalized spacial score (nSPS) is 13.1. The maximum atomic E-state index is 6.48. The van der Waals surface area contributed by atoms with Gasteiger partial charge < -0.3 is 9.47 Å². The zero-order chi connectivity index (χ0) is 33.7. The first-order chi connectivity index (χ1) is 23.0. The fourth-order valence-electron chi connectivity index (χ4n) is 7.62. The Morgan fingerprint density at radius 1 is 0.404 bits per heavy atom. The molecule has 0 fully saturated rings. The average molecular weight is 666 g/mol. The highest BCUT2D eigenvalue weighted by atomic mass is 31.2. The van der Waals surface area contributed by atoms with E-state index in [4.69, 9.17) is 9.47 Å². The van der Waals surface area contributed by atoms with E-state index in [1.54, 1.807) is 10.6 Å². The van der Waals surface area contributed by atoms with Crippen molar-refractivity contribution in [2.75, 3.05) is 25.5 Å². The maximum Gasteiger partial charge on any atom is 0.123 e. The van der Waals surface area contributed by atoms with E-state index >= 15 is 0 Å². The van der Waals surface area contributed by atoms with Crippen molar-refractivity contribution in [1.29, 1.82) is 0 Å². The Morgan fingerprint density at radius 2 is 0.723 bits per heavy atom. The van der Waals surface area contributed by atoms with E-state index in [1.807, 2.05) is 0 Å². The number of ether oxygens (including phenoxy) is 2. The lowest BCUT2D eigenvalue weighted by Crippen LogP contribution is -2.24. The van der Waals surface area contributed by atoms with Crippen LogP contribution < -0.4 is 20.1 Å². The highest BCUT2D eigenvalue weighted by Gasteiger charge is 2.51. The molecule has 0 aromatic heterocycles. The Hall–Kier alpha value is -1.53. The summed E-state index contributed by atoms with van der Waals surface area (Å²) in [6.45, 7) is 15.4. The van der Waals surface area contributed by atoms with Crippen molar-refractivity contribution in [3.8, 4) is 22.6 Å². The molecule has 47 heavy (non-hydrogen) atoms. The van der Waals surface area contributed by atoms with E-state index in [-0.39, 0.29) is 0 Å². The van der Waals surface area contributed by atoms with E-state index in [2.05, 4.69) is 65.8 Å². The van der Waals surface area contributed by atoms with Crippen LogP contribution in [0.5, 0.6) is 11.5 Å². The lowest BCUT2D eigenvalue weighted by atomic mass is 10.0. The summed E-state index contributed by atoms with van der Waals surface area (Å²) in [6, 6.07) is 10.1. The molecule has 0 amide bonds. The van der Waals surface area contributed by atoms with Crippen LogP contribution >= 0.6 is 7.26 Å². The maximum absolute atomic E-state index is 6.48. The number of fused-ring (bicyclic) bond motifs is 3. The molecule has 1 heterocycles. The second-order valence-electron chi connectivity index (χ2n) is 14.7. The molecule has 0 radical (unpaired) electrons. The molecule has 0 atom stereocenters. The van der Waals surface area contributed by atoms with Crippen molar-refractivity contribution in [3.63, 3.8) is 0 Å². The molecule has 266 valence electrons. The first kappa shape index (κ1) is 39.9. The molecule has 1 aliphatic rings. The Labute approximate surface area is 292 Å². The van der Waals surface area contributed by atoms with Gasteiger partial charge in [-0.15, -0.1) is 0 Å². The smallest absolute Gasteiger partial charge is 0.123 e. The van der Waals surface area contributed by atoms with Crippen LogP contribution in [0.1, 0.15) is 180 Å². The molecule has 2 nitrogen and oxygen atoms in total. The first-order valence-electron chi connectivity index (χ1n) is 20.5. The van der Waals surface area contributed by atoms with Crippen molar-refractivity contribution < 1.29 is 9.47 Å². The molecule has 0 unspecified atom stereocenters. The number of rotatable bonds is 28. The molecule has 0 saturated carbocycles. The van der Waals surface area contributed by atoms with Crippen LogP contribution in [0, 0.1) is 13.8 Å². The third kappa shape index (κ3) is 12.4. The predicted molar refractivity (Wildman–Crippen MR) is 213 cm³/mol. The van der Waals surface area contributed by atoms with Gasteiger partial charge in [-0.25, -0.2) is 0 Å². The Kier molecular flexibility index (Phi) is 19.5. The SMILES string of the molecule is CCCCCCCCCC[P+]1(CCCCCCCCCC)c2cc(C)c(OCCCCC)cc2-c2cc(OCCCCC)c(C)cc21. The first-order valence-corrected chi connectivity index (χ1v) is 22.6. The minimum atomic E-state index is -1.54. The highest BCUT2D eigenvalue weighted by molar-refractivity contribution is 7.90. The lowest BCUT2D eigenvalue weighted by Gasteiger charge is -2.26. The van der Waals surface area contributed by atoms with Crippen LogP contribution in [0.25, 0.3) is 11.1 Å². The number of aryl methyl sites for hydroxylation is 2. The van der Waals surface area contributed by atoms with Gasteiger partial charge in [0.15, 0.2) is 0 Å². The summed E-state index contributed by atoms with van der Waals surface area (Å²) in [5, 5.41) is 3.36. The molecular formula is C44H74O2P+. The van der Waals surface area contributed by atoms with Gasteiger partial charge in [-0.05, 0) is 87.8 Å². The van der Waals surface area contributed by atoms with Gasteiger partial charge >= 0.3 is 0 Å². The van der Waals surface area contributed by atoms with Crippen LogP contribution in [0.2, 0.25) is 0 Å². The molecule has 2 aromatic rings. The fourth-order valence-corrected chi connectivity index (χ4v) is 12.8. The summed E-state index contributed by atoms with van der Waals surface area (Å²) >= 11 is 0. The van der Waals surface area contributed by atoms with Crippen molar-refractivity contribution in [3.05, 3.63) is 35.4 Å². The summed E-state index contributed by atoms with van der Waals surface area (Å²) < 4.78 is 13.0. The van der Waals surface area contributed by atoms with Crippen LogP contribution in [-0.4, -0.2) is 25.5 Å². The second-order valence-corrected chi connectivity index (χ2v) is 18.5. The predicted octanol–water partition coefficient (Wildman–Crippen LogP) is 13.7. The Balaban J connectivity index is 1.92. The zero-order valence-electron chi connectivity index (χ0n) is 32.0. The summed E-state index contributed by atoms with van der Waals surface area (Å²) in [7, 11) is -1.54. The van der Waals surface area contributed by atoms with Gasteiger partial charge in [0.25, 0.3) is 0 Å². The molecule has 2 aromatic carbocycles. The van der Waals surface area contributed by atoms with Crippen LogP contribution in [-0.2, 0) is 0 Å².